The highest BCUT2D eigenvalue weighted by molar-refractivity contribution is 6.01. The number of carboxylic acid groups (broad SMARTS) is 1. The van der Waals surface area contributed by atoms with Crippen LogP contribution in [-0.2, 0) is 9.59 Å². The van der Waals surface area contributed by atoms with Crippen molar-refractivity contribution in [3.63, 3.8) is 0 Å². The van der Waals surface area contributed by atoms with E-state index in [2.05, 4.69) is 10.6 Å². The van der Waals surface area contributed by atoms with Crippen LogP contribution in [0.15, 0.2) is 30.3 Å². The molecule has 0 saturated carbocycles. The summed E-state index contributed by atoms with van der Waals surface area (Å²) in [5, 5.41) is 13.8. The second-order valence-electron chi connectivity index (χ2n) is 5.58. The lowest BCUT2D eigenvalue weighted by molar-refractivity contribution is -0.137. The van der Waals surface area contributed by atoms with Crippen molar-refractivity contribution in [2.75, 3.05) is 11.4 Å². The summed E-state index contributed by atoms with van der Waals surface area (Å²) in [6, 6.07) is 8.33. The molecule has 0 bridgehead atoms. The number of aliphatic carboxylic acids is 1. The molecule has 2 atom stereocenters. The Morgan fingerprint density at radius 1 is 1.30 bits per heavy atom. The molecule has 3 N–H and O–H groups in total. The number of hydrogen-bond acceptors (Lipinski definition) is 3. The molecular formula is C16H21N3O4. The summed E-state index contributed by atoms with van der Waals surface area (Å²) >= 11 is 0. The Labute approximate surface area is 134 Å². The molecule has 3 amide bonds. The molecule has 1 fully saturated rings. The first kappa shape index (κ1) is 16.8. The molecule has 124 valence electrons. The largest absolute Gasteiger partial charge is 0.481 e. The van der Waals surface area contributed by atoms with Crippen molar-refractivity contribution < 1.29 is 19.5 Å². The molecule has 1 saturated heterocycles. The summed E-state index contributed by atoms with van der Waals surface area (Å²) in [5.41, 5.74) is 0.816. The van der Waals surface area contributed by atoms with E-state index >= 15 is 0 Å². The van der Waals surface area contributed by atoms with Crippen molar-refractivity contribution in [1.82, 2.24) is 10.6 Å². The fourth-order valence-corrected chi connectivity index (χ4v) is 2.67. The van der Waals surface area contributed by atoms with Crippen molar-refractivity contribution >= 4 is 23.6 Å². The number of nitrogens with zero attached hydrogens (tertiary/aromatic N) is 1. The highest BCUT2D eigenvalue weighted by Gasteiger charge is 2.38. The summed E-state index contributed by atoms with van der Waals surface area (Å²) in [5.74, 6) is -1.03. The van der Waals surface area contributed by atoms with E-state index in [1.165, 1.54) is 0 Å². The zero-order valence-corrected chi connectivity index (χ0v) is 13.0. The van der Waals surface area contributed by atoms with Crippen molar-refractivity contribution in [3.05, 3.63) is 30.3 Å². The van der Waals surface area contributed by atoms with Crippen LogP contribution < -0.4 is 15.5 Å². The van der Waals surface area contributed by atoms with Gasteiger partial charge in [-0.05, 0) is 31.9 Å². The van der Waals surface area contributed by atoms with Gasteiger partial charge in [0.25, 0.3) is 0 Å². The number of rotatable bonds is 6. The third kappa shape index (κ3) is 4.45. The number of amides is 3. The molecule has 1 heterocycles. The first-order chi connectivity index (χ1) is 11.0. The van der Waals surface area contributed by atoms with E-state index in [1.807, 2.05) is 37.3 Å². The molecule has 0 radical (unpaired) electrons. The van der Waals surface area contributed by atoms with Crippen LogP contribution in [0.2, 0.25) is 0 Å². The number of anilines is 1. The van der Waals surface area contributed by atoms with Crippen molar-refractivity contribution in [2.45, 2.75) is 38.3 Å². The molecular weight excluding hydrogens is 298 g/mol. The first-order valence-corrected chi connectivity index (χ1v) is 7.63. The average molecular weight is 319 g/mol. The lowest BCUT2D eigenvalue weighted by Crippen LogP contribution is -2.46. The Balaban J connectivity index is 1.86. The number of para-hydroxylation sites is 1. The molecule has 1 aliphatic rings. The minimum absolute atomic E-state index is 0.00145. The Bertz CT molecular complexity index is 576. The fraction of sp³-hybridized carbons (Fsp3) is 0.438. The van der Waals surface area contributed by atoms with Gasteiger partial charge < -0.3 is 20.6 Å². The number of carbonyl (C=O) groups is 3. The van der Waals surface area contributed by atoms with E-state index in [0.29, 0.717) is 12.8 Å². The highest BCUT2D eigenvalue weighted by Crippen LogP contribution is 2.26. The molecule has 7 heteroatoms. The normalized spacial score (nSPS) is 20.4. The van der Waals surface area contributed by atoms with Gasteiger partial charge in [-0.1, -0.05) is 18.2 Å². The Morgan fingerprint density at radius 3 is 2.65 bits per heavy atom. The predicted octanol–water partition coefficient (Wildman–Crippen LogP) is 1.34. The Kier molecular flexibility index (Phi) is 5.56. The molecule has 0 spiro atoms. The van der Waals surface area contributed by atoms with Crippen LogP contribution in [-0.4, -0.2) is 41.6 Å². The average Bonchev–Trinajstić information content (AvgIpc) is 2.78. The van der Waals surface area contributed by atoms with Gasteiger partial charge in [0.2, 0.25) is 5.91 Å². The zero-order valence-electron chi connectivity index (χ0n) is 13.0. The third-order valence-corrected chi connectivity index (χ3v) is 3.75. The van der Waals surface area contributed by atoms with Gasteiger partial charge in [0, 0.05) is 24.7 Å². The molecule has 1 aromatic rings. The van der Waals surface area contributed by atoms with Crippen molar-refractivity contribution in [1.29, 1.82) is 0 Å². The molecule has 1 aliphatic heterocycles. The van der Waals surface area contributed by atoms with Gasteiger partial charge in [0.15, 0.2) is 0 Å². The SMILES string of the molecule is CC1CC(NC(=O)NCCCC(=O)O)C(=O)N1c1ccccc1. The number of carboxylic acids is 1. The van der Waals surface area contributed by atoms with E-state index in [1.54, 1.807) is 4.90 Å². The predicted molar refractivity (Wildman–Crippen MR) is 85.2 cm³/mol. The van der Waals surface area contributed by atoms with Gasteiger partial charge in [-0.15, -0.1) is 0 Å². The topological polar surface area (TPSA) is 98.7 Å². The van der Waals surface area contributed by atoms with Crippen LogP contribution in [0.3, 0.4) is 0 Å². The van der Waals surface area contributed by atoms with Gasteiger partial charge in [-0.3, -0.25) is 9.59 Å². The zero-order chi connectivity index (χ0) is 16.8. The molecule has 23 heavy (non-hydrogen) atoms. The molecule has 2 rings (SSSR count). The monoisotopic (exact) mass is 319 g/mol. The second-order valence-corrected chi connectivity index (χ2v) is 5.58. The van der Waals surface area contributed by atoms with Gasteiger partial charge >= 0.3 is 12.0 Å². The summed E-state index contributed by atoms with van der Waals surface area (Å²) in [4.78, 5) is 36.4. The maximum Gasteiger partial charge on any atom is 0.315 e. The number of hydrogen-bond donors (Lipinski definition) is 3. The van der Waals surface area contributed by atoms with E-state index in [4.69, 9.17) is 5.11 Å². The fourth-order valence-electron chi connectivity index (χ4n) is 2.67. The van der Waals surface area contributed by atoms with Crippen LogP contribution in [0, 0.1) is 0 Å². The minimum atomic E-state index is -0.898. The van der Waals surface area contributed by atoms with E-state index in [-0.39, 0.29) is 24.9 Å². The smallest absolute Gasteiger partial charge is 0.315 e. The van der Waals surface area contributed by atoms with E-state index in [0.717, 1.165) is 5.69 Å². The lowest BCUT2D eigenvalue weighted by Gasteiger charge is -2.21. The quantitative estimate of drug-likeness (QED) is 0.689. The highest BCUT2D eigenvalue weighted by atomic mass is 16.4. The van der Waals surface area contributed by atoms with E-state index < -0.39 is 18.0 Å². The standard InChI is InChI=1S/C16H21N3O4/c1-11-10-13(18-16(23)17-9-5-8-14(20)21)15(22)19(11)12-6-3-2-4-7-12/h2-4,6-7,11,13H,5,8-10H2,1H3,(H,20,21)(H2,17,18,23). The van der Waals surface area contributed by atoms with E-state index in [9.17, 15) is 14.4 Å². The number of benzene rings is 1. The molecule has 7 nitrogen and oxygen atoms in total. The molecule has 0 aromatic heterocycles. The van der Waals surface area contributed by atoms with Crippen LogP contribution in [0.5, 0.6) is 0 Å². The summed E-state index contributed by atoms with van der Waals surface area (Å²) in [7, 11) is 0. The Hall–Kier alpha value is -2.57. The summed E-state index contributed by atoms with van der Waals surface area (Å²) in [6.45, 7) is 2.20. The van der Waals surface area contributed by atoms with Gasteiger partial charge in [-0.25, -0.2) is 4.79 Å². The van der Waals surface area contributed by atoms with Crippen molar-refractivity contribution in [2.24, 2.45) is 0 Å². The van der Waals surface area contributed by atoms with Gasteiger partial charge in [-0.2, -0.15) is 0 Å². The second kappa shape index (κ2) is 7.62. The number of urea groups is 1. The van der Waals surface area contributed by atoms with Gasteiger partial charge in [0.1, 0.15) is 6.04 Å². The van der Waals surface area contributed by atoms with Crippen LogP contribution in [0.25, 0.3) is 0 Å². The number of carbonyl (C=O) groups excluding carboxylic acids is 2. The maximum absolute atomic E-state index is 12.5. The van der Waals surface area contributed by atoms with Crippen LogP contribution in [0.1, 0.15) is 26.2 Å². The number of nitrogens with one attached hydrogen (secondary N) is 2. The first-order valence-electron chi connectivity index (χ1n) is 7.63. The third-order valence-electron chi connectivity index (χ3n) is 3.75. The van der Waals surface area contributed by atoms with Crippen molar-refractivity contribution in [3.8, 4) is 0 Å². The Morgan fingerprint density at radius 2 is 2.00 bits per heavy atom. The summed E-state index contributed by atoms with van der Waals surface area (Å²) in [6.07, 6.45) is 0.894. The van der Waals surface area contributed by atoms with Gasteiger partial charge in [0.05, 0.1) is 0 Å². The van der Waals surface area contributed by atoms with Crippen LogP contribution in [0.4, 0.5) is 10.5 Å². The van der Waals surface area contributed by atoms with Crippen LogP contribution >= 0.6 is 0 Å². The minimum Gasteiger partial charge on any atom is -0.481 e. The lowest BCUT2D eigenvalue weighted by atomic mass is 10.2. The molecule has 2 unspecified atom stereocenters. The summed E-state index contributed by atoms with van der Waals surface area (Å²) < 4.78 is 0. The maximum atomic E-state index is 12.5. The molecule has 1 aromatic carbocycles. The molecule has 0 aliphatic carbocycles.